The van der Waals surface area contributed by atoms with Crippen LogP contribution in [-0.4, -0.2) is 53.0 Å². The molecule has 3 fully saturated rings. The van der Waals surface area contributed by atoms with Gasteiger partial charge < -0.3 is 10.0 Å². The Hall–Kier alpha value is -1.55. The minimum Gasteiger partial charge on any atom is -0.508 e. The number of aryl methyl sites for hydroxylation is 1. The minimum atomic E-state index is 0.278. The normalized spacial score (nSPS) is 24.7. The molecule has 3 heterocycles. The van der Waals surface area contributed by atoms with Gasteiger partial charge in [-0.05, 0) is 55.8 Å². The number of carbonyl (C=O) groups is 1. The van der Waals surface area contributed by atoms with Gasteiger partial charge in [-0.1, -0.05) is 19.1 Å². The van der Waals surface area contributed by atoms with Crippen LogP contribution in [0.3, 0.4) is 0 Å². The topological polar surface area (TPSA) is 43.8 Å². The van der Waals surface area contributed by atoms with Gasteiger partial charge in [0.25, 0.3) is 0 Å². The maximum Gasteiger partial charge on any atom is 0.222 e. The predicted molar refractivity (Wildman–Crippen MR) is 91.4 cm³/mol. The number of phenols is 1. The van der Waals surface area contributed by atoms with Crippen molar-refractivity contribution in [2.24, 2.45) is 5.92 Å². The van der Waals surface area contributed by atoms with Crippen LogP contribution in [0.5, 0.6) is 5.75 Å². The third kappa shape index (κ3) is 4.05. The van der Waals surface area contributed by atoms with Gasteiger partial charge in [-0.25, -0.2) is 0 Å². The fraction of sp³-hybridized carbons (Fsp3) is 0.632. The summed E-state index contributed by atoms with van der Waals surface area (Å²) in [5, 5.41) is 9.32. The van der Waals surface area contributed by atoms with Crippen molar-refractivity contribution < 1.29 is 9.90 Å². The lowest BCUT2D eigenvalue weighted by Gasteiger charge is -2.35. The number of aromatic hydroxyl groups is 1. The second kappa shape index (κ2) is 7.35. The molecule has 0 aliphatic carbocycles. The number of hydrogen-bond acceptors (Lipinski definition) is 3. The van der Waals surface area contributed by atoms with E-state index in [1.54, 1.807) is 12.1 Å². The predicted octanol–water partition coefficient (Wildman–Crippen LogP) is 2.66. The lowest BCUT2D eigenvalue weighted by molar-refractivity contribution is -0.131. The third-order valence-corrected chi connectivity index (χ3v) is 5.25. The van der Waals surface area contributed by atoms with Gasteiger partial charge in [0.1, 0.15) is 5.75 Å². The number of piperidine rings is 1. The smallest absolute Gasteiger partial charge is 0.222 e. The number of amides is 1. The van der Waals surface area contributed by atoms with Crippen molar-refractivity contribution in [1.29, 1.82) is 0 Å². The molecule has 3 aliphatic rings. The Kier molecular flexibility index (Phi) is 5.21. The number of benzene rings is 1. The Bertz CT molecular complexity index is 529. The number of carbonyl (C=O) groups excluding carboxylic acids is 1. The average Bonchev–Trinajstić information content (AvgIpc) is 2.86. The molecule has 1 aromatic rings. The van der Waals surface area contributed by atoms with Crippen LogP contribution in [0.4, 0.5) is 0 Å². The van der Waals surface area contributed by atoms with Crippen LogP contribution in [-0.2, 0) is 11.2 Å². The first-order valence-electron chi connectivity index (χ1n) is 8.95. The van der Waals surface area contributed by atoms with Crippen molar-refractivity contribution >= 4 is 5.91 Å². The molecule has 4 rings (SSSR count). The molecule has 1 amide bonds. The van der Waals surface area contributed by atoms with E-state index in [2.05, 4.69) is 16.7 Å². The summed E-state index contributed by atoms with van der Waals surface area (Å²) in [4.78, 5) is 17.3. The van der Waals surface area contributed by atoms with E-state index < -0.39 is 0 Å². The van der Waals surface area contributed by atoms with Crippen molar-refractivity contribution in [3.8, 4) is 5.75 Å². The van der Waals surface area contributed by atoms with E-state index in [4.69, 9.17) is 0 Å². The Morgan fingerprint density at radius 2 is 1.96 bits per heavy atom. The molecule has 3 aliphatic heterocycles. The third-order valence-electron chi connectivity index (χ3n) is 5.25. The van der Waals surface area contributed by atoms with Gasteiger partial charge >= 0.3 is 0 Å². The fourth-order valence-electron chi connectivity index (χ4n) is 4.02. The molecule has 2 bridgehead atoms. The van der Waals surface area contributed by atoms with Crippen molar-refractivity contribution in [1.82, 2.24) is 9.80 Å². The molecule has 4 nitrogen and oxygen atoms in total. The van der Waals surface area contributed by atoms with Crippen LogP contribution >= 0.6 is 0 Å². The van der Waals surface area contributed by atoms with Crippen LogP contribution in [0, 0.1) is 5.92 Å². The van der Waals surface area contributed by atoms with Gasteiger partial charge in [0.2, 0.25) is 5.91 Å². The Balaban J connectivity index is 1.56. The zero-order valence-electron chi connectivity index (χ0n) is 14.1. The summed E-state index contributed by atoms with van der Waals surface area (Å²) in [6, 6.07) is 7.74. The first kappa shape index (κ1) is 16.3. The van der Waals surface area contributed by atoms with Crippen molar-refractivity contribution in [2.45, 2.75) is 45.1 Å². The summed E-state index contributed by atoms with van der Waals surface area (Å²) in [5.41, 5.74) is 1.11. The standard InChI is InChI=1S/C19H28N2O2/c1-2-11-20-12-16-3-7-17(20)14-21(13-16)19(23)10-6-15-4-8-18(22)9-5-15/h4-5,8-9,16-17,22H,2-3,6-7,10-14H2,1H3/t16-,17-/m0/s1. The maximum atomic E-state index is 12.6. The Morgan fingerprint density at radius 3 is 2.70 bits per heavy atom. The quantitative estimate of drug-likeness (QED) is 0.908. The summed E-state index contributed by atoms with van der Waals surface area (Å²) in [7, 11) is 0. The number of hydrogen-bond donors (Lipinski definition) is 1. The van der Waals surface area contributed by atoms with Gasteiger partial charge in [-0.15, -0.1) is 0 Å². The van der Waals surface area contributed by atoms with E-state index in [0.717, 1.165) is 31.6 Å². The van der Waals surface area contributed by atoms with E-state index in [9.17, 15) is 9.90 Å². The van der Waals surface area contributed by atoms with Crippen LogP contribution in [0.15, 0.2) is 24.3 Å². The zero-order chi connectivity index (χ0) is 16.2. The molecule has 126 valence electrons. The molecular weight excluding hydrogens is 288 g/mol. The number of fused-ring (bicyclic) bond motifs is 4. The first-order valence-corrected chi connectivity index (χ1v) is 8.95. The largest absolute Gasteiger partial charge is 0.508 e. The second-order valence-corrected chi connectivity index (χ2v) is 7.06. The fourth-order valence-corrected chi connectivity index (χ4v) is 4.02. The summed E-state index contributed by atoms with van der Waals surface area (Å²) >= 11 is 0. The SMILES string of the molecule is CCCN1C[C@@H]2CC[C@H]1CN(C(=O)CCc1ccc(O)cc1)C2. The summed E-state index contributed by atoms with van der Waals surface area (Å²) in [6.07, 6.45) is 5.03. The lowest BCUT2D eigenvalue weighted by atomic mass is 9.95. The zero-order valence-corrected chi connectivity index (χ0v) is 14.1. The average molecular weight is 316 g/mol. The highest BCUT2D eigenvalue weighted by Crippen LogP contribution is 2.28. The molecule has 0 saturated carbocycles. The van der Waals surface area contributed by atoms with E-state index in [1.165, 1.54) is 25.8 Å². The van der Waals surface area contributed by atoms with Crippen LogP contribution in [0.25, 0.3) is 0 Å². The molecule has 4 heteroatoms. The monoisotopic (exact) mass is 316 g/mol. The maximum absolute atomic E-state index is 12.6. The van der Waals surface area contributed by atoms with Gasteiger partial charge in [0.15, 0.2) is 0 Å². The van der Waals surface area contributed by atoms with Crippen molar-refractivity contribution in [3.63, 3.8) is 0 Å². The van der Waals surface area contributed by atoms with Crippen LogP contribution < -0.4 is 0 Å². The number of phenolic OH excluding ortho intramolecular Hbond substituents is 1. The van der Waals surface area contributed by atoms with Crippen LogP contribution in [0.2, 0.25) is 0 Å². The molecular formula is C19H28N2O2. The summed E-state index contributed by atoms with van der Waals surface area (Å²) < 4.78 is 0. The highest BCUT2D eigenvalue weighted by Gasteiger charge is 2.35. The van der Waals surface area contributed by atoms with Crippen molar-refractivity contribution in [3.05, 3.63) is 29.8 Å². The number of nitrogens with zero attached hydrogens (tertiary/aromatic N) is 2. The van der Waals surface area contributed by atoms with Crippen molar-refractivity contribution in [2.75, 3.05) is 26.2 Å². The molecule has 0 aromatic heterocycles. The molecule has 0 radical (unpaired) electrons. The van der Waals surface area contributed by atoms with Gasteiger partial charge in [-0.3, -0.25) is 9.69 Å². The van der Waals surface area contributed by atoms with Gasteiger partial charge in [0, 0.05) is 32.1 Å². The molecule has 3 saturated heterocycles. The van der Waals surface area contributed by atoms with Gasteiger partial charge in [0.05, 0.1) is 0 Å². The van der Waals surface area contributed by atoms with E-state index in [0.29, 0.717) is 18.4 Å². The molecule has 23 heavy (non-hydrogen) atoms. The lowest BCUT2D eigenvalue weighted by Crippen LogP contribution is -2.44. The molecule has 1 N–H and O–H groups in total. The van der Waals surface area contributed by atoms with Crippen LogP contribution in [0.1, 0.15) is 38.2 Å². The molecule has 1 aromatic carbocycles. The highest BCUT2D eigenvalue weighted by atomic mass is 16.3. The highest BCUT2D eigenvalue weighted by molar-refractivity contribution is 5.76. The molecule has 0 unspecified atom stereocenters. The number of rotatable bonds is 5. The van der Waals surface area contributed by atoms with Gasteiger partial charge in [-0.2, -0.15) is 0 Å². The van der Waals surface area contributed by atoms with E-state index >= 15 is 0 Å². The first-order chi connectivity index (χ1) is 11.2. The van der Waals surface area contributed by atoms with E-state index in [-0.39, 0.29) is 11.7 Å². The van der Waals surface area contributed by atoms with E-state index in [1.807, 2.05) is 12.1 Å². The molecule has 2 atom stereocenters. The molecule has 0 spiro atoms. The summed E-state index contributed by atoms with van der Waals surface area (Å²) in [5.74, 6) is 1.21. The Morgan fingerprint density at radius 1 is 1.17 bits per heavy atom. The minimum absolute atomic E-state index is 0.278. The summed E-state index contributed by atoms with van der Waals surface area (Å²) in [6.45, 7) is 6.41. The second-order valence-electron chi connectivity index (χ2n) is 7.06. The Labute approximate surface area is 139 Å².